The largest absolute Gasteiger partial charge is 0.496 e. The Morgan fingerprint density at radius 3 is 2.00 bits per heavy atom. The predicted octanol–water partition coefficient (Wildman–Crippen LogP) is 5.05. The fourth-order valence-electron chi connectivity index (χ4n) is 4.43. The van der Waals surface area contributed by atoms with Crippen LogP contribution in [0.2, 0.25) is 0 Å². The van der Waals surface area contributed by atoms with Crippen LogP contribution in [-0.2, 0) is 27.5 Å². The molecular formula is C35H34N4O7. The minimum Gasteiger partial charge on any atom is -0.496 e. The zero-order chi connectivity index (χ0) is 33.8. The number of hydrogen-bond acceptors (Lipinski definition) is 8. The van der Waals surface area contributed by atoms with Gasteiger partial charge in [-0.2, -0.15) is 5.26 Å². The summed E-state index contributed by atoms with van der Waals surface area (Å²) < 4.78 is 21.3. The molecule has 0 radical (unpaired) electrons. The third-order valence-corrected chi connectivity index (χ3v) is 6.86. The van der Waals surface area contributed by atoms with Crippen molar-refractivity contribution in [3.05, 3.63) is 105 Å². The monoisotopic (exact) mass is 622 g/mol. The first-order chi connectivity index (χ1) is 22.0. The van der Waals surface area contributed by atoms with E-state index in [4.69, 9.17) is 25.5 Å². The number of rotatable bonds is 12. The zero-order valence-electron chi connectivity index (χ0n) is 26.4. The highest BCUT2D eigenvalue weighted by Gasteiger charge is 2.18. The molecule has 2 N–H and O–H groups in total. The van der Waals surface area contributed by atoms with Crippen LogP contribution in [-0.4, -0.2) is 39.1 Å². The maximum Gasteiger partial charge on any atom is 0.308 e. The summed E-state index contributed by atoms with van der Waals surface area (Å²) in [5, 5.41) is 15.1. The Balaban J connectivity index is 1.69. The highest BCUT2D eigenvalue weighted by Crippen LogP contribution is 2.39. The molecule has 0 aliphatic rings. The number of aryl methyl sites for hydroxylation is 1. The molecule has 0 heterocycles. The van der Waals surface area contributed by atoms with Crippen LogP contribution in [0.1, 0.15) is 40.3 Å². The first-order valence-corrected chi connectivity index (χ1v) is 14.0. The zero-order valence-corrected chi connectivity index (χ0v) is 26.4. The van der Waals surface area contributed by atoms with Crippen molar-refractivity contribution in [2.45, 2.75) is 33.9 Å². The topological polar surface area (TPSA) is 140 Å². The predicted molar refractivity (Wildman–Crippen MR) is 172 cm³/mol. The molecule has 0 aliphatic heterocycles. The lowest BCUT2D eigenvalue weighted by atomic mass is 10.0. The van der Waals surface area contributed by atoms with Crippen molar-refractivity contribution < 1.29 is 33.3 Å². The number of carbonyl (C=O) groups excluding carboxylic acids is 3. The van der Waals surface area contributed by atoms with Gasteiger partial charge in [-0.3, -0.25) is 14.4 Å². The van der Waals surface area contributed by atoms with Gasteiger partial charge in [0, 0.05) is 25.6 Å². The van der Waals surface area contributed by atoms with E-state index in [1.54, 1.807) is 37.4 Å². The van der Waals surface area contributed by atoms with Crippen LogP contribution >= 0.6 is 0 Å². The molecule has 0 atom stereocenters. The van der Waals surface area contributed by atoms with Gasteiger partial charge < -0.3 is 29.6 Å². The van der Waals surface area contributed by atoms with Gasteiger partial charge in [-0.25, -0.2) is 4.85 Å². The van der Waals surface area contributed by atoms with E-state index < -0.39 is 17.8 Å². The van der Waals surface area contributed by atoms with E-state index in [9.17, 15) is 19.6 Å². The number of hydrogen-bond donors (Lipinski definition) is 2. The Morgan fingerprint density at radius 1 is 0.870 bits per heavy atom. The van der Waals surface area contributed by atoms with E-state index in [0.717, 1.165) is 22.3 Å². The molecule has 0 unspecified atom stereocenters. The van der Waals surface area contributed by atoms with Gasteiger partial charge in [0.15, 0.2) is 11.5 Å². The number of amides is 2. The number of carbonyl (C=O) groups is 3. The van der Waals surface area contributed by atoms with Crippen LogP contribution < -0.4 is 29.6 Å². The smallest absolute Gasteiger partial charge is 0.308 e. The number of nitrogens with zero attached hydrogens (tertiary/aromatic N) is 2. The molecule has 3 aromatic carbocycles. The van der Waals surface area contributed by atoms with Gasteiger partial charge in [-0.05, 0) is 65.9 Å². The molecule has 46 heavy (non-hydrogen) atoms. The Morgan fingerprint density at radius 2 is 1.48 bits per heavy atom. The highest BCUT2D eigenvalue weighted by atomic mass is 16.6. The van der Waals surface area contributed by atoms with Crippen LogP contribution in [0.15, 0.2) is 59.8 Å². The number of ether oxygens (including phenoxy) is 4. The van der Waals surface area contributed by atoms with Crippen molar-refractivity contribution in [1.29, 1.82) is 5.26 Å². The Labute approximate surface area is 267 Å². The number of nitriles is 1. The van der Waals surface area contributed by atoms with E-state index in [-0.39, 0.29) is 41.6 Å². The molecule has 0 saturated carbocycles. The molecular weight excluding hydrogens is 588 g/mol. The first-order valence-electron chi connectivity index (χ1n) is 14.0. The Hall–Kier alpha value is -6.07. The molecule has 3 aromatic rings. The molecule has 2 amide bonds. The molecule has 0 fully saturated rings. The lowest BCUT2D eigenvalue weighted by molar-refractivity contribution is -0.132. The summed E-state index contributed by atoms with van der Waals surface area (Å²) >= 11 is 0. The average Bonchev–Trinajstić information content (AvgIpc) is 3.05. The summed E-state index contributed by atoms with van der Waals surface area (Å²) in [5.74, 6) is -0.646. The van der Waals surface area contributed by atoms with Crippen LogP contribution in [0.4, 0.5) is 0 Å². The van der Waals surface area contributed by atoms with Crippen LogP contribution in [0.25, 0.3) is 17.0 Å². The highest BCUT2D eigenvalue weighted by molar-refractivity contribution is 6.02. The first kappa shape index (κ1) is 34.4. The SMILES string of the molecule is [C-]#[N+]/C(=C/c1cc(OC)c(OC(C)=O)c(OC)c1)C(=O)NCc1cccc(CNC(=O)/C(C#N)=C\c2ccc(C)c(C)c2OC)c1. The second kappa shape index (κ2) is 16.1. The molecule has 0 aliphatic carbocycles. The minimum atomic E-state index is -0.610. The lowest BCUT2D eigenvalue weighted by Gasteiger charge is -2.13. The number of methoxy groups -OCH3 is 3. The third-order valence-electron chi connectivity index (χ3n) is 6.86. The summed E-state index contributed by atoms with van der Waals surface area (Å²) in [7, 11) is 4.32. The molecule has 236 valence electrons. The molecule has 11 heteroatoms. The molecule has 11 nitrogen and oxygen atoms in total. The van der Waals surface area contributed by atoms with Crippen LogP contribution in [0.5, 0.6) is 23.0 Å². The average molecular weight is 623 g/mol. The van der Waals surface area contributed by atoms with Gasteiger partial charge in [0.05, 0.1) is 27.9 Å². The van der Waals surface area contributed by atoms with Gasteiger partial charge in [0.25, 0.3) is 17.5 Å². The fourth-order valence-corrected chi connectivity index (χ4v) is 4.43. The lowest BCUT2D eigenvalue weighted by Crippen LogP contribution is -2.25. The molecule has 3 rings (SSSR count). The van der Waals surface area contributed by atoms with Gasteiger partial charge in [-0.1, -0.05) is 36.4 Å². The number of nitrogens with one attached hydrogen (secondary N) is 2. The van der Waals surface area contributed by atoms with Crippen molar-refractivity contribution in [1.82, 2.24) is 10.6 Å². The van der Waals surface area contributed by atoms with Crippen LogP contribution in [0.3, 0.4) is 0 Å². The number of benzene rings is 3. The molecule has 0 spiro atoms. The summed E-state index contributed by atoms with van der Waals surface area (Å²) in [6, 6.07) is 15.9. The van der Waals surface area contributed by atoms with Gasteiger partial charge in [0.2, 0.25) is 5.75 Å². The van der Waals surface area contributed by atoms with Crippen molar-refractivity contribution in [3.63, 3.8) is 0 Å². The van der Waals surface area contributed by atoms with Crippen molar-refractivity contribution >= 4 is 29.9 Å². The van der Waals surface area contributed by atoms with Crippen molar-refractivity contribution in [2.24, 2.45) is 0 Å². The van der Waals surface area contributed by atoms with E-state index in [1.807, 2.05) is 26.0 Å². The van der Waals surface area contributed by atoms with E-state index in [0.29, 0.717) is 16.9 Å². The second-order valence-corrected chi connectivity index (χ2v) is 9.97. The molecule has 0 aromatic heterocycles. The Kier molecular flexibility index (Phi) is 12.1. The minimum absolute atomic E-state index is 0.0697. The van der Waals surface area contributed by atoms with Crippen LogP contribution in [0, 0.1) is 31.8 Å². The van der Waals surface area contributed by atoms with E-state index >= 15 is 0 Å². The molecule has 0 bridgehead atoms. The molecule has 0 saturated heterocycles. The third kappa shape index (κ3) is 8.74. The van der Waals surface area contributed by atoms with E-state index in [2.05, 4.69) is 15.5 Å². The van der Waals surface area contributed by atoms with Gasteiger partial charge in [-0.15, -0.1) is 0 Å². The summed E-state index contributed by atoms with van der Waals surface area (Å²) in [6.07, 6.45) is 2.86. The normalized spacial score (nSPS) is 11.0. The second-order valence-electron chi connectivity index (χ2n) is 9.97. The van der Waals surface area contributed by atoms with Gasteiger partial charge in [0.1, 0.15) is 17.4 Å². The quantitative estimate of drug-likeness (QED) is 0.0940. The fraction of sp³-hybridized carbons (Fsp3) is 0.229. The van der Waals surface area contributed by atoms with Crippen molar-refractivity contribution in [2.75, 3.05) is 21.3 Å². The van der Waals surface area contributed by atoms with E-state index in [1.165, 1.54) is 45.4 Å². The van der Waals surface area contributed by atoms with Gasteiger partial charge >= 0.3 is 5.97 Å². The van der Waals surface area contributed by atoms with Crippen molar-refractivity contribution in [3.8, 4) is 29.1 Å². The summed E-state index contributed by atoms with van der Waals surface area (Å²) in [6.45, 7) is 12.9. The maximum atomic E-state index is 12.9. The summed E-state index contributed by atoms with van der Waals surface area (Å²) in [4.78, 5) is 40.6. The standard InChI is InChI=1S/C35H34N4O7/c1-21-11-12-27(32(45-7)22(21)2)17-28(18-36)34(41)38-19-24-9-8-10-25(13-24)20-39-35(42)29(37-4)14-26-15-30(43-5)33(46-23(3)40)31(16-26)44-6/h8-17H,19-20H2,1-3,5-7H3,(H,38,41)(H,39,42)/b28-17-,29-14+. The maximum absolute atomic E-state index is 12.9. The Bertz CT molecular complexity index is 1770. The number of esters is 1. The summed E-state index contributed by atoms with van der Waals surface area (Å²) in [5.41, 5.74) is 4.22.